The van der Waals surface area contributed by atoms with Gasteiger partial charge in [0.05, 0.1) is 11.0 Å². The molecule has 2 bridgehead atoms. The third-order valence-electron chi connectivity index (χ3n) is 7.61. The molecule has 2 aliphatic rings. The van der Waals surface area contributed by atoms with E-state index in [0.29, 0.717) is 10.8 Å². The minimum Gasteiger partial charge on any atom is -0.296 e. The molecule has 2 nitrogen and oxygen atoms in total. The van der Waals surface area contributed by atoms with Crippen molar-refractivity contribution in [3.8, 4) is 0 Å². The zero-order valence-corrected chi connectivity index (χ0v) is 17.6. The lowest BCUT2D eigenvalue weighted by atomic mass is 9.78. The van der Waals surface area contributed by atoms with Gasteiger partial charge in [-0.15, -0.1) is 0 Å². The van der Waals surface area contributed by atoms with Crippen LogP contribution in [0.3, 0.4) is 0 Å². The highest BCUT2D eigenvalue weighted by Crippen LogP contribution is 2.61. The molecule has 6 rings (SSSR count). The summed E-state index contributed by atoms with van der Waals surface area (Å²) in [7, 11) is 0. The van der Waals surface area contributed by atoms with E-state index >= 15 is 0 Å². The molecule has 4 aromatic rings. The minimum absolute atomic E-state index is 0.0454. The van der Waals surface area contributed by atoms with Crippen molar-refractivity contribution in [2.24, 2.45) is 0 Å². The van der Waals surface area contributed by atoms with Crippen molar-refractivity contribution in [2.75, 3.05) is 0 Å². The third kappa shape index (κ3) is 1.91. The van der Waals surface area contributed by atoms with E-state index in [1.54, 1.807) is 11.1 Å². The molecule has 2 aliphatic carbocycles. The van der Waals surface area contributed by atoms with Gasteiger partial charge < -0.3 is 0 Å². The van der Waals surface area contributed by atoms with Crippen LogP contribution in [0.25, 0.3) is 27.5 Å². The monoisotopic (exact) mass is 368 g/mol. The lowest BCUT2D eigenvalue weighted by Crippen LogP contribution is -2.18. The molecule has 2 heteroatoms. The molecule has 2 aromatic carbocycles. The molecule has 1 saturated carbocycles. The predicted octanol–water partition coefficient (Wildman–Crippen LogP) is 6.65. The largest absolute Gasteiger partial charge is 0.296 e. The molecule has 0 radical (unpaired) electrons. The highest BCUT2D eigenvalue weighted by molar-refractivity contribution is 5.99. The zero-order chi connectivity index (χ0) is 19.5. The molecule has 0 aliphatic heterocycles. The average molecular weight is 369 g/mol. The van der Waals surface area contributed by atoms with Crippen LogP contribution in [-0.2, 0) is 16.2 Å². The van der Waals surface area contributed by atoms with Gasteiger partial charge in [0.25, 0.3) is 0 Å². The van der Waals surface area contributed by atoms with E-state index in [2.05, 4.69) is 81.5 Å². The first-order valence-corrected chi connectivity index (χ1v) is 10.6. The number of rotatable bonds is 0. The molecule has 0 spiro atoms. The van der Waals surface area contributed by atoms with E-state index in [-0.39, 0.29) is 5.41 Å². The number of imidazole rings is 1. The molecule has 142 valence electrons. The summed E-state index contributed by atoms with van der Waals surface area (Å²) >= 11 is 0. The van der Waals surface area contributed by atoms with Crippen molar-refractivity contribution < 1.29 is 0 Å². The van der Waals surface area contributed by atoms with Gasteiger partial charge in [-0.05, 0) is 64.8 Å². The zero-order valence-electron chi connectivity index (χ0n) is 17.6. The summed E-state index contributed by atoms with van der Waals surface area (Å²) in [5.74, 6) is 0. The lowest BCUT2D eigenvalue weighted by molar-refractivity contribution is 0.484. The van der Waals surface area contributed by atoms with Gasteiger partial charge in [0.15, 0.2) is 0 Å². The molecule has 2 atom stereocenters. The quantitative estimate of drug-likeness (QED) is 0.339. The number of aromatic nitrogens is 2. The highest BCUT2D eigenvalue weighted by atomic mass is 15.0. The summed E-state index contributed by atoms with van der Waals surface area (Å²) in [6.45, 7) is 11.8. The van der Waals surface area contributed by atoms with Crippen LogP contribution in [-0.4, -0.2) is 9.38 Å². The number of pyridine rings is 1. The van der Waals surface area contributed by atoms with E-state index in [9.17, 15) is 0 Å². The Balaban J connectivity index is 1.81. The first-order valence-electron chi connectivity index (χ1n) is 10.6. The van der Waals surface area contributed by atoms with Crippen LogP contribution in [0.5, 0.6) is 0 Å². The van der Waals surface area contributed by atoms with Crippen molar-refractivity contribution in [3.63, 3.8) is 0 Å². The van der Waals surface area contributed by atoms with E-state index < -0.39 is 0 Å². The van der Waals surface area contributed by atoms with Crippen LogP contribution in [0.2, 0.25) is 0 Å². The van der Waals surface area contributed by atoms with Crippen molar-refractivity contribution >= 4 is 27.5 Å². The smallest absolute Gasteiger partial charge is 0.146 e. The molecule has 0 amide bonds. The van der Waals surface area contributed by atoms with Crippen molar-refractivity contribution in [2.45, 2.75) is 70.1 Å². The Bertz CT molecular complexity index is 1300. The van der Waals surface area contributed by atoms with Gasteiger partial charge >= 0.3 is 0 Å². The minimum atomic E-state index is 0.0454. The van der Waals surface area contributed by atoms with Crippen molar-refractivity contribution in [1.29, 1.82) is 0 Å². The summed E-state index contributed by atoms with van der Waals surface area (Å²) in [6, 6.07) is 16.0. The maximum Gasteiger partial charge on any atom is 0.146 e. The van der Waals surface area contributed by atoms with Gasteiger partial charge in [-0.1, -0.05) is 58.9 Å². The van der Waals surface area contributed by atoms with Crippen LogP contribution in [0.15, 0.2) is 42.5 Å². The summed E-state index contributed by atoms with van der Waals surface area (Å²) in [4.78, 5) is 5.20. The topological polar surface area (TPSA) is 17.3 Å². The second-order valence-electron chi connectivity index (χ2n) is 10.8. The van der Waals surface area contributed by atoms with Crippen LogP contribution in [0.1, 0.15) is 70.7 Å². The van der Waals surface area contributed by atoms with Gasteiger partial charge in [0, 0.05) is 16.5 Å². The maximum atomic E-state index is 5.20. The van der Waals surface area contributed by atoms with E-state index in [1.807, 2.05) is 0 Å². The Morgan fingerprint density at radius 3 is 2.32 bits per heavy atom. The van der Waals surface area contributed by atoms with Crippen LogP contribution in [0.4, 0.5) is 0 Å². The molecule has 0 N–H and O–H groups in total. The van der Waals surface area contributed by atoms with Crippen LogP contribution >= 0.6 is 0 Å². The Morgan fingerprint density at radius 2 is 1.61 bits per heavy atom. The number of nitrogens with zero attached hydrogens (tertiary/aromatic N) is 2. The van der Waals surface area contributed by atoms with E-state index in [4.69, 9.17) is 4.98 Å². The second kappa shape index (κ2) is 4.79. The highest BCUT2D eigenvalue weighted by Gasteiger charge is 2.53. The first-order chi connectivity index (χ1) is 13.2. The van der Waals surface area contributed by atoms with Crippen molar-refractivity contribution in [3.05, 3.63) is 59.3 Å². The molecule has 1 fully saturated rings. The lowest BCUT2D eigenvalue weighted by Gasteiger charge is -2.27. The van der Waals surface area contributed by atoms with Gasteiger partial charge in [-0.25, -0.2) is 4.98 Å². The Labute approximate surface area is 166 Å². The van der Waals surface area contributed by atoms with Crippen LogP contribution in [0, 0.1) is 0 Å². The molecular weight excluding hydrogens is 340 g/mol. The molecule has 28 heavy (non-hydrogen) atoms. The predicted molar refractivity (Wildman–Crippen MR) is 117 cm³/mol. The Hall–Kier alpha value is -2.35. The standard InChI is InChI=1S/C26H28N2/c1-24(2,3)22-12-16-8-6-7-9-17(16)23-27-20-13-18-19(14-21(20)28(22)23)26(5)11-10-25(18,4)15-26/h6-9,12-14H,10-11,15H2,1-5H3. The second-order valence-corrected chi connectivity index (χ2v) is 10.8. The summed E-state index contributed by atoms with van der Waals surface area (Å²) in [5, 5.41) is 2.52. The normalized spacial score (nSPS) is 26.6. The number of fused-ring (bicyclic) bond motifs is 10. The van der Waals surface area contributed by atoms with Gasteiger partial charge in [0.1, 0.15) is 5.65 Å². The number of hydrogen-bond acceptors (Lipinski definition) is 1. The number of benzene rings is 2. The molecule has 0 saturated heterocycles. The van der Waals surface area contributed by atoms with Gasteiger partial charge in [-0.2, -0.15) is 0 Å². The van der Waals surface area contributed by atoms with E-state index in [0.717, 1.165) is 11.2 Å². The fourth-order valence-corrected chi connectivity index (χ4v) is 6.19. The fourth-order valence-electron chi connectivity index (χ4n) is 6.19. The fraction of sp³-hybridized carbons (Fsp3) is 0.423. The molecule has 2 unspecified atom stereocenters. The van der Waals surface area contributed by atoms with Crippen molar-refractivity contribution in [1.82, 2.24) is 9.38 Å². The van der Waals surface area contributed by atoms with Crippen LogP contribution < -0.4 is 0 Å². The Morgan fingerprint density at radius 1 is 0.929 bits per heavy atom. The summed E-state index contributed by atoms with van der Waals surface area (Å²) < 4.78 is 2.44. The average Bonchev–Trinajstić information content (AvgIpc) is 3.24. The summed E-state index contributed by atoms with van der Waals surface area (Å²) in [5.41, 5.74) is 8.71. The molecule has 2 heterocycles. The van der Waals surface area contributed by atoms with Gasteiger partial charge in [0.2, 0.25) is 0 Å². The number of hydrogen-bond donors (Lipinski definition) is 0. The SMILES string of the molecule is CC(C)(C)c1cc2ccccc2c2nc3cc4c(cc3n12)C1(C)CCC4(C)C1. The van der Waals surface area contributed by atoms with Gasteiger partial charge in [-0.3, -0.25) is 4.40 Å². The Kier molecular flexibility index (Phi) is 2.84. The molecular formula is C26H28N2. The third-order valence-corrected chi connectivity index (χ3v) is 7.61. The maximum absolute atomic E-state index is 5.20. The summed E-state index contributed by atoms with van der Waals surface area (Å²) in [6.07, 6.45) is 3.92. The van der Waals surface area contributed by atoms with E-state index in [1.165, 1.54) is 41.2 Å². The first kappa shape index (κ1) is 16.6. The molecule has 2 aromatic heterocycles.